The fourth-order valence-corrected chi connectivity index (χ4v) is 3.63. The van der Waals surface area contributed by atoms with E-state index >= 15 is 0 Å². The highest BCUT2D eigenvalue weighted by Crippen LogP contribution is 2.33. The second-order valence-corrected chi connectivity index (χ2v) is 7.23. The smallest absolute Gasteiger partial charge is 0.127 e. The molecule has 0 saturated carbocycles. The fraction of sp³-hybridized carbons (Fsp3) is 0.250. The second kappa shape index (κ2) is 6.69. The zero-order valence-electron chi connectivity index (χ0n) is 11.3. The topological polar surface area (TPSA) is 21.3 Å². The Morgan fingerprint density at radius 1 is 1.05 bits per heavy atom. The molecule has 0 bridgehead atoms. The van der Waals surface area contributed by atoms with E-state index in [-0.39, 0.29) is 0 Å². The van der Waals surface area contributed by atoms with Crippen molar-refractivity contribution in [2.45, 2.75) is 19.5 Å². The number of benzene rings is 2. The first-order chi connectivity index (χ1) is 10.1. The summed E-state index contributed by atoms with van der Waals surface area (Å²) in [5, 5.41) is 4.22. The summed E-state index contributed by atoms with van der Waals surface area (Å²) in [5.74, 6) is 1.03. The quantitative estimate of drug-likeness (QED) is 0.728. The van der Waals surface area contributed by atoms with E-state index < -0.39 is 0 Å². The molecule has 0 unspecified atom stereocenters. The molecule has 110 valence electrons. The Balaban J connectivity index is 1.70. The van der Waals surface area contributed by atoms with Crippen molar-refractivity contribution in [2.24, 2.45) is 0 Å². The molecule has 1 aliphatic heterocycles. The van der Waals surface area contributed by atoms with E-state index in [0.717, 1.165) is 51.4 Å². The number of rotatable bonds is 4. The molecule has 2 aromatic rings. The third-order valence-corrected chi connectivity index (χ3v) is 4.78. The lowest BCUT2D eigenvalue weighted by Gasteiger charge is -2.11. The molecule has 1 aliphatic rings. The normalized spacial score (nSPS) is 13.1. The van der Waals surface area contributed by atoms with Crippen LogP contribution in [0.4, 0.5) is 0 Å². The van der Waals surface area contributed by atoms with Crippen molar-refractivity contribution in [1.29, 1.82) is 0 Å². The van der Waals surface area contributed by atoms with Gasteiger partial charge in [-0.25, -0.2) is 0 Å². The number of nitrogens with one attached hydrogen (secondary N) is 1. The minimum Gasteiger partial charge on any atom is -0.493 e. The maximum atomic E-state index is 6.20. The van der Waals surface area contributed by atoms with Crippen molar-refractivity contribution in [2.75, 3.05) is 6.61 Å². The van der Waals surface area contributed by atoms with E-state index in [1.165, 1.54) is 11.1 Å². The maximum absolute atomic E-state index is 6.20. The Hall–Kier alpha value is -0.550. The molecule has 0 atom stereocenters. The minimum absolute atomic E-state index is 0.722. The van der Waals surface area contributed by atoms with E-state index in [4.69, 9.17) is 16.3 Å². The van der Waals surface area contributed by atoms with Crippen LogP contribution in [0.15, 0.2) is 39.3 Å². The van der Waals surface area contributed by atoms with Gasteiger partial charge in [0.2, 0.25) is 0 Å². The Morgan fingerprint density at radius 3 is 2.67 bits per heavy atom. The van der Waals surface area contributed by atoms with Crippen molar-refractivity contribution >= 4 is 43.5 Å². The third kappa shape index (κ3) is 3.62. The first-order valence-electron chi connectivity index (χ1n) is 6.72. The summed E-state index contributed by atoms with van der Waals surface area (Å²) in [5.41, 5.74) is 3.54. The molecule has 1 N–H and O–H groups in total. The highest BCUT2D eigenvalue weighted by Gasteiger charge is 2.17. The largest absolute Gasteiger partial charge is 0.493 e. The van der Waals surface area contributed by atoms with Gasteiger partial charge < -0.3 is 10.1 Å². The van der Waals surface area contributed by atoms with Gasteiger partial charge in [-0.1, -0.05) is 43.5 Å². The van der Waals surface area contributed by atoms with Gasteiger partial charge in [0.1, 0.15) is 5.75 Å². The molecule has 0 saturated heterocycles. The van der Waals surface area contributed by atoms with Crippen molar-refractivity contribution < 1.29 is 4.74 Å². The van der Waals surface area contributed by atoms with Crippen LogP contribution in [0.3, 0.4) is 0 Å². The summed E-state index contributed by atoms with van der Waals surface area (Å²) < 4.78 is 7.87. The van der Waals surface area contributed by atoms with Crippen LogP contribution in [-0.4, -0.2) is 6.61 Å². The second-order valence-electron chi connectivity index (χ2n) is 4.99. The van der Waals surface area contributed by atoms with Crippen LogP contribution in [0.1, 0.15) is 16.7 Å². The lowest BCUT2D eigenvalue weighted by molar-refractivity contribution is 0.352. The van der Waals surface area contributed by atoms with E-state index in [1.807, 2.05) is 18.2 Å². The molecule has 2 nitrogen and oxygen atoms in total. The molecule has 5 heteroatoms. The van der Waals surface area contributed by atoms with Gasteiger partial charge in [-0.15, -0.1) is 0 Å². The van der Waals surface area contributed by atoms with Crippen molar-refractivity contribution in [1.82, 2.24) is 5.32 Å². The summed E-state index contributed by atoms with van der Waals surface area (Å²) in [6, 6.07) is 10.1. The molecule has 0 aromatic heterocycles. The zero-order chi connectivity index (χ0) is 14.8. The van der Waals surface area contributed by atoms with Gasteiger partial charge in [0, 0.05) is 39.0 Å². The van der Waals surface area contributed by atoms with Gasteiger partial charge in [0.15, 0.2) is 0 Å². The predicted molar refractivity (Wildman–Crippen MR) is 93.0 cm³/mol. The first-order valence-corrected chi connectivity index (χ1v) is 8.68. The van der Waals surface area contributed by atoms with Gasteiger partial charge in [0.25, 0.3) is 0 Å². The molecule has 3 rings (SSSR count). The van der Waals surface area contributed by atoms with Crippen LogP contribution in [0.25, 0.3) is 0 Å². The Kier molecular flexibility index (Phi) is 4.89. The van der Waals surface area contributed by atoms with E-state index in [9.17, 15) is 0 Å². The van der Waals surface area contributed by atoms with Crippen LogP contribution in [-0.2, 0) is 19.5 Å². The lowest BCUT2D eigenvalue weighted by Crippen LogP contribution is -2.13. The Labute approximate surface area is 146 Å². The van der Waals surface area contributed by atoms with Crippen molar-refractivity contribution in [3.05, 3.63) is 61.0 Å². The number of hydrogen-bond donors (Lipinski definition) is 1. The fourth-order valence-electron chi connectivity index (χ4n) is 2.49. The molecule has 2 aromatic carbocycles. The number of hydrogen-bond acceptors (Lipinski definition) is 2. The molecular weight excluding hydrogens is 417 g/mol. The molecule has 0 amide bonds. The molecule has 0 fully saturated rings. The van der Waals surface area contributed by atoms with Gasteiger partial charge in [-0.2, -0.15) is 0 Å². The highest BCUT2D eigenvalue weighted by molar-refractivity contribution is 9.10. The van der Waals surface area contributed by atoms with Crippen LogP contribution in [0.2, 0.25) is 5.02 Å². The van der Waals surface area contributed by atoms with Crippen LogP contribution >= 0.6 is 43.5 Å². The SMILES string of the molecule is Clc1ccc(Br)cc1CNCc1cc(Br)cc2c1OCC2. The predicted octanol–water partition coefficient (Wildman–Crippen LogP) is 5.09. The van der Waals surface area contributed by atoms with Gasteiger partial charge >= 0.3 is 0 Å². The van der Waals surface area contributed by atoms with Crippen molar-refractivity contribution in [3.63, 3.8) is 0 Å². The van der Waals surface area contributed by atoms with Crippen LogP contribution in [0.5, 0.6) is 5.75 Å². The summed E-state index contributed by atoms with van der Waals surface area (Å²) in [6.07, 6.45) is 0.985. The molecule has 0 spiro atoms. The van der Waals surface area contributed by atoms with Crippen molar-refractivity contribution in [3.8, 4) is 5.75 Å². The van der Waals surface area contributed by atoms with E-state index in [0.29, 0.717) is 0 Å². The summed E-state index contributed by atoms with van der Waals surface area (Å²) in [6.45, 7) is 2.25. The third-order valence-electron chi connectivity index (χ3n) is 3.46. The summed E-state index contributed by atoms with van der Waals surface area (Å²) in [4.78, 5) is 0. The van der Waals surface area contributed by atoms with Gasteiger partial charge in [-0.3, -0.25) is 0 Å². The number of ether oxygens (including phenoxy) is 1. The molecule has 0 radical (unpaired) electrons. The summed E-state index contributed by atoms with van der Waals surface area (Å²) in [7, 11) is 0. The van der Waals surface area contributed by atoms with Crippen LogP contribution < -0.4 is 10.1 Å². The summed E-state index contributed by atoms with van der Waals surface area (Å²) >= 11 is 13.2. The van der Waals surface area contributed by atoms with E-state index in [2.05, 4.69) is 49.3 Å². The van der Waals surface area contributed by atoms with Gasteiger partial charge in [-0.05, 0) is 41.5 Å². The average Bonchev–Trinajstić information content (AvgIpc) is 2.90. The molecule has 0 aliphatic carbocycles. The van der Waals surface area contributed by atoms with Crippen LogP contribution in [0, 0.1) is 0 Å². The Morgan fingerprint density at radius 2 is 1.81 bits per heavy atom. The maximum Gasteiger partial charge on any atom is 0.127 e. The zero-order valence-corrected chi connectivity index (χ0v) is 15.2. The Bertz CT molecular complexity index is 676. The molecular formula is C16H14Br2ClNO. The standard InChI is InChI=1S/C16H14Br2ClNO/c17-13-1-2-15(19)11(6-13)8-20-9-12-7-14(18)5-10-3-4-21-16(10)12/h1-2,5-7,20H,3-4,8-9H2. The van der Waals surface area contributed by atoms with E-state index in [1.54, 1.807) is 0 Å². The highest BCUT2D eigenvalue weighted by atomic mass is 79.9. The number of halogens is 3. The lowest BCUT2D eigenvalue weighted by atomic mass is 10.1. The van der Waals surface area contributed by atoms with Gasteiger partial charge in [0.05, 0.1) is 6.61 Å². The molecule has 21 heavy (non-hydrogen) atoms. The number of fused-ring (bicyclic) bond motifs is 1. The molecule has 1 heterocycles. The average molecular weight is 432 g/mol. The first kappa shape index (κ1) is 15.3. The minimum atomic E-state index is 0.722. The monoisotopic (exact) mass is 429 g/mol.